The molecule has 0 saturated carbocycles. The second-order valence-corrected chi connectivity index (χ2v) is 8.50. The first kappa shape index (κ1) is 23.0. The van der Waals surface area contributed by atoms with Crippen molar-refractivity contribution >= 4 is 5.97 Å². The molecule has 0 aliphatic carbocycles. The maximum Gasteiger partial charge on any atom is 0.303 e. The molecule has 1 aliphatic rings. The Hall–Kier alpha value is -2.70. The average molecular weight is 426 g/mol. The van der Waals surface area contributed by atoms with E-state index in [0.29, 0.717) is 19.4 Å². The molecule has 1 aromatic carbocycles. The molecule has 6 nitrogen and oxygen atoms in total. The van der Waals surface area contributed by atoms with Gasteiger partial charge in [0.2, 0.25) is 0 Å². The van der Waals surface area contributed by atoms with Crippen molar-refractivity contribution in [3.05, 3.63) is 72.1 Å². The Bertz CT molecular complexity index is 880. The van der Waals surface area contributed by atoms with Crippen LogP contribution < -0.4 is 0 Å². The summed E-state index contributed by atoms with van der Waals surface area (Å²) in [7, 11) is 0. The summed E-state index contributed by atoms with van der Waals surface area (Å²) in [6.45, 7) is 4.63. The smallest absolute Gasteiger partial charge is 0.303 e. The third-order valence-electron chi connectivity index (χ3n) is 5.77. The van der Waals surface area contributed by atoms with Crippen LogP contribution in [-0.4, -0.2) is 34.1 Å². The maximum absolute atomic E-state index is 10.6. The summed E-state index contributed by atoms with van der Waals surface area (Å²) >= 11 is 0. The van der Waals surface area contributed by atoms with E-state index in [2.05, 4.69) is 24.9 Å². The highest BCUT2D eigenvalue weighted by atomic mass is 16.7. The number of rotatable bonds is 9. The van der Waals surface area contributed by atoms with Gasteiger partial charge in [0.05, 0.1) is 12.7 Å². The number of phenolic OH excluding ortho intramolecular Hbond substituents is 1. The van der Waals surface area contributed by atoms with E-state index >= 15 is 0 Å². The number of ether oxygens (including phenoxy) is 2. The van der Waals surface area contributed by atoms with Crippen molar-refractivity contribution in [1.29, 1.82) is 0 Å². The van der Waals surface area contributed by atoms with E-state index in [9.17, 15) is 9.90 Å². The van der Waals surface area contributed by atoms with Gasteiger partial charge in [-0.05, 0) is 37.0 Å². The standard InChI is InChI=1S/C25H31NO5/c1-25(2,19-11-9-15-26-16-19)24-30-17-18(10-5-3-4-6-14-22(28)29)23(31-24)20-12-7-8-13-21(20)27/h3,5,7-9,11-13,15-16,18,23-24,27H,4,6,10,14,17H2,1-2H3,(H,28,29)/b5-3-. The van der Waals surface area contributed by atoms with Gasteiger partial charge in [0, 0.05) is 35.7 Å². The van der Waals surface area contributed by atoms with E-state index in [0.717, 1.165) is 17.5 Å². The first-order valence-corrected chi connectivity index (χ1v) is 10.7. The van der Waals surface area contributed by atoms with E-state index in [-0.39, 0.29) is 24.2 Å². The molecule has 0 radical (unpaired) electrons. The van der Waals surface area contributed by atoms with E-state index in [1.807, 2.05) is 36.5 Å². The van der Waals surface area contributed by atoms with Gasteiger partial charge in [-0.15, -0.1) is 0 Å². The SMILES string of the molecule is CC(C)(c1cccnc1)C1OCC(C/C=C\CCCC(=O)O)C(c2ccccc2O)O1. The highest BCUT2D eigenvalue weighted by molar-refractivity contribution is 5.66. The number of phenols is 1. The van der Waals surface area contributed by atoms with Crippen LogP contribution in [-0.2, 0) is 19.7 Å². The summed E-state index contributed by atoms with van der Waals surface area (Å²) in [5.41, 5.74) is 1.35. The number of carbonyl (C=O) groups is 1. The molecule has 1 aromatic heterocycles. The normalized spacial score (nSPS) is 21.9. The fourth-order valence-corrected chi connectivity index (χ4v) is 3.85. The summed E-state index contributed by atoms with van der Waals surface area (Å²) < 4.78 is 12.6. The van der Waals surface area contributed by atoms with Crippen LogP contribution >= 0.6 is 0 Å². The van der Waals surface area contributed by atoms with E-state index < -0.39 is 17.7 Å². The van der Waals surface area contributed by atoms with Gasteiger partial charge in [-0.25, -0.2) is 0 Å². The fourth-order valence-electron chi connectivity index (χ4n) is 3.85. The van der Waals surface area contributed by atoms with Crippen LogP contribution in [0.4, 0.5) is 0 Å². The van der Waals surface area contributed by atoms with Crippen LogP contribution in [0.25, 0.3) is 0 Å². The molecule has 31 heavy (non-hydrogen) atoms. The number of pyridine rings is 1. The minimum atomic E-state index is -0.774. The van der Waals surface area contributed by atoms with Crippen molar-refractivity contribution in [2.24, 2.45) is 5.92 Å². The van der Waals surface area contributed by atoms with Gasteiger partial charge in [-0.3, -0.25) is 9.78 Å². The zero-order chi connectivity index (χ0) is 22.3. The molecular weight excluding hydrogens is 394 g/mol. The second-order valence-electron chi connectivity index (χ2n) is 8.50. The predicted octanol–water partition coefficient (Wildman–Crippen LogP) is 5.00. The fraction of sp³-hybridized carbons (Fsp3) is 0.440. The van der Waals surface area contributed by atoms with Crippen LogP contribution in [0.5, 0.6) is 5.75 Å². The van der Waals surface area contributed by atoms with Crippen LogP contribution in [0.3, 0.4) is 0 Å². The molecule has 3 rings (SSSR count). The molecule has 1 saturated heterocycles. The Morgan fingerprint density at radius 1 is 1.23 bits per heavy atom. The highest BCUT2D eigenvalue weighted by Crippen LogP contribution is 2.43. The lowest BCUT2D eigenvalue weighted by Gasteiger charge is -2.43. The second kappa shape index (κ2) is 10.6. The zero-order valence-electron chi connectivity index (χ0n) is 18.1. The monoisotopic (exact) mass is 425 g/mol. The lowest BCUT2D eigenvalue weighted by Crippen LogP contribution is -2.45. The Kier molecular flexibility index (Phi) is 7.82. The van der Waals surface area contributed by atoms with Crippen molar-refractivity contribution in [3.8, 4) is 5.75 Å². The number of unbranched alkanes of at least 4 members (excludes halogenated alkanes) is 1. The first-order chi connectivity index (χ1) is 14.9. The maximum atomic E-state index is 10.6. The van der Waals surface area contributed by atoms with Crippen molar-refractivity contribution in [2.45, 2.75) is 57.3 Å². The van der Waals surface area contributed by atoms with Crippen molar-refractivity contribution in [3.63, 3.8) is 0 Å². The summed E-state index contributed by atoms with van der Waals surface area (Å²) in [5.74, 6) is -0.530. The number of aromatic hydroxyl groups is 1. The third kappa shape index (κ3) is 5.93. The van der Waals surface area contributed by atoms with E-state index in [4.69, 9.17) is 14.6 Å². The Balaban J connectivity index is 1.75. The minimum absolute atomic E-state index is 0.0324. The van der Waals surface area contributed by atoms with Crippen molar-refractivity contribution < 1.29 is 24.5 Å². The minimum Gasteiger partial charge on any atom is -0.508 e. The molecule has 2 heterocycles. The molecule has 0 bridgehead atoms. The molecule has 0 spiro atoms. The van der Waals surface area contributed by atoms with Gasteiger partial charge < -0.3 is 19.7 Å². The Morgan fingerprint density at radius 2 is 2.03 bits per heavy atom. The molecule has 1 fully saturated rings. The topological polar surface area (TPSA) is 88.9 Å². The zero-order valence-corrected chi connectivity index (χ0v) is 18.1. The molecule has 0 amide bonds. The van der Waals surface area contributed by atoms with Gasteiger partial charge >= 0.3 is 5.97 Å². The summed E-state index contributed by atoms with van der Waals surface area (Å²) in [6.07, 6.45) is 9.05. The number of allylic oxidation sites excluding steroid dienone is 2. The molecule has 2 aromatic rings. The van der Waals surface area contributed by atoms with Crippen LogP contribution in [0.15, 0.2) is 60.9 Å². The van der Waals surface area contributed by atoms with Crippen LogP contribution in [0.2, 0.25) is 0 Å². The van der Waals surface area contributed by atoms with Gasteiger partial charge in [0.25, 0.3) is 0 Å². The number of nitrogens with zero attached hydrogens (tertiary/aromatic N) is 1. The lowest BCUT2D eigenvalue weighted by atomic mass is 9.83. The number of hydrogen-bond donors (Lipinski definition) is 2. The predicted molar refractivity (Wildman–Crippen MR) is 118 cm³/mol. The van der Waals surface area contributed by atoms with Crippen molar-refractivity contribution in [1.82, 2.24) is 4.98 Å². The highest BCUT2D eigenvalue weighted by Gasteiger charge is 2.42. The molecule has 2 N–H and O–H groups in total. The number of benzene rings is 1. The molecule has 166 valence electrons. The number of aliphatic carboxylic acids is 1. The Labute approximate surface area is 183 Å². The van der Waals surface area contributed by atoms with Crippen LogP contribution in [0.1, 0.15) is 56.8 Å². The number of carboxylic acid groups (broad SMARTS) is 1. The number of hydrogen-bond acceptors (Lipinski definition) is 5. The summed E-state index contributed by atoms with van der Waals surface area (Å²) in [6, 6.07) is 11.2. The average Bonchev–Trinajstić information content (AvgIpc) is 2.77. The summed E-state index contributed by atoms with van der Waals surface area (Å²) in [4.78, 5) is 14.9. The Morgan fingerprint density at radius 3 is 2.74 bits per heavy atom. The lowest BCUT2D eigenvalue weighted by molar-refractivity contribution is -0.262. The van der Waals surface area contributed by atoms with E-state index in [1.165, 1.54) is 0 Å². The largest absolute Gasteiger partial charge is 0.508 e. The number of aromatic nitrogens is 1. The molecule has 3 atom stereocenters. The van der Waals surface area contributed by atoms with Gasteiger partial charge in [-0.2, -0.15) is 0 Å². The number of carboxylic acids is 1. The van der Waals surface area contributed by atoms with Gasteiger partial charge in [0.1, 0.15) is 5.75 Å². The molecule has 3 unspecified atom stereocenters. The quantitative estimate of drug-likeness (QED) is 0.434. The first-order valence-electron chi connectivity index (χ1n) is 10.7. The van der Waals surface area contributed by atoms with Gasteiger partial charge in [-0.1, -0.05) is 50.3 Å². The molecule has 6 heteroatoms. The summed E-state index contributed by atoms with van der Waals surface area (Å²) in [5, 5.41) is 19.2. The van der Waals surface area contributed by atoms with Crippen molar-refractivity contribution in [2.75, 3.05) is 6.61 Å². The molecular formula is C25H31NO5. The number of para-hydroxylation sites is 1. The molecule has 1 aliphatic heterocycles. The third-order valence-corrected chi connectivity index (χ3v) is 5.77. The van der Waals surface area contributed by atoms with Gasteiger partial charge in [0.15, 0.2) is 6.29 Å². The van der Waals surface area contributed by atoms with Crippen LogP contribution in [0, 0.1) is 5.92 Å². The van der Waals surface area contributed by atoms with E-state index in [1.54, 1.807) is 18.3 Å².